The third-order valence-corrected chi connectivity index (χ3v) is 8.19. The molecule has 0 unspecified atom stereocenters. The van der Waals surface area contributed by atoms with Gasteiger partial charge in [0, 0.05) is 25.7 Å². The Labute approximate surface area is 194 Å². The Morgan fingerprint density at radius 3 is 2.32 bits per heavy atom. The fraction of sp³-hybridized carbons (Fsp3) is 0.143. The van der Waals surface area contributed by atoms with E-state index in [1.54, 1.807) is 17.7 Å². The summed E-state index contributed by atoms with van der Waals surface area (Å²) in [6.45, 7) is 7.48. The number of rotatable bonds is 7. The van der Waals surface area contributed by atoms with Crippen molar-refractivity contribution in [3.8, 4) is 0 Å². The van der Waals surface area contributed by atoms with Crippen molar-refractivity contribution in [2.75, 3.05) is 13.1 Å². The van der Waals surface area contributed by atoms with Crippen molar-refractivity contribution in [2.45, 2.75) is 4.90 Å². The van der Waals surface area contributed by atoms with Crippen LogP contribution in [0.25, 0.3) is 10.2 Å². The number of fused-ring (bicyclic) bond motifs is 1. The van der Waals surface area contributed by atoms with Crippen LogP contribution < -0.4 is 4.80 Å². The van der Waals surface area contributed by atoms with Gasteiger partial charge in [-0.1, -0.05) is 46.7 Å². The molecule has 162 valence electrons. The second kappa shape index (κ2) is 9.50. The number of benzene rings is 2. The quantitative estimate of drug-likeness (QED) is 0.447. The minimum Gasteiger partial charge on any atom is -0.318 e. The summed E-state index contributed by atoms with van der Waals surface area (Å²) in [6.07, 6.45) is 3.00. The number of nitrogens with zero attached hydrogens (tertiary/aromatic N) is 3. The summed E-state index contributed by atoms with van der Waals surface area (Å²) < 4.78 is 29.4. The fourth-order valence-corrected chi connectivity index (χ4v) is 5.81. The Bertz CT molecular complexity index is 1330. The van der Waals surface area contributed by atoms with Gasteiger partial charge in [-0.05, 0) is 36.4 Å². The van der Waals surface area contributed by atoms with E-state index in [4.69, 9.17) is 23.2 Å². The van der Waals surface area contributed by atoms with Gasteiger partial charge in [-0.3, -0.25) is 4.79 Å². The number of carbonyl (C=O) groups excluding carboxylic acids is 1. The van der Waals surface area contributed by atoms with Gasteiger partial charge in [0.25, 0.3) is 5.91 Å². The average molecular weight is 496 g/mol. The zero-order valence-corrected chi connectivity index (χ0v) is 19.7. The summed E-state index contributed by atoms with van der Waals surface area (Å²) in [6, 6.07) is 9.16. The first-order chi connectivity index (χ1) is 14.7. The third-order valence-electron chi connectivity index (χ3n) is 4.46. The van der Waals surface area contributed by atoms with Crippen molar-refractivity contribution in [3.63, 3.8) is 0 Å². The third kappa shape index (κ3) is 4.68. The van der Waals surface area contributed by atoms with Gasteiger partial charge in [0.15, 0.2) is 4.80 Å². The molecule has 0 aliphatic rings. The molecule has 0 spiro atoms. The van der Waals surface area contributed by atoms with E-state index in [1.165, 1.54) is 52.1 Å². The minimum absolute atomic E-state index is 0.0709. The first-order valence-corrected chi connectivity index (χ1v) is 12.1. The largest absolute Gasteiger partial charge is 0.318 e. The van der Waals surface area contributed by atoms with Crippen LogP contribution >= 0.6 is 34.5 Å². The predicted octanol–water partition coefficient (Wildman–Crippen LogP) is 4.65. The summed E-state index contributed by atoms with van der Waals surface area (Å²) in [5.74, 6) is -0.498. The van der Waals surface area contributed by atoms with Crippen LogP contribution in [0.15, 0.2) is 71.6 Å². The van der Waals surface area contributed by atoms with Crippen molar-refractivity contribution < 1.29 is 13.2 Å². The van der Waals surface area contributed by atoms with E-state index < -0.39 is 15.9 Å². The standard InChI is InChI=1S/C21H19Cl2N3O3S2/c1-4-12-26(13-5-2)31(28,29)15-8-6-14(7-9-15)20(27)24-21-25(3)19-17(30-21)11-10-16(22)18(19)23/h4-11H,1-2,12-13H2,3H3. The molecule has 10 heteroatoms. The van der Waals surface area contributed by atoms with Gasteiger partial charge in [0.2, 0.25) is 10.0 Å². The van der Waals surface area contributed by atoms with E-state index in [1.807, 2.05) is 6.07 Å². The lowest BCUT2D eigenvalue weighted by Crippen LogP contribution is -2.31. The maximum absolute atomic E-state index is 12.8. The van der Waals surface area contributed by atoms with Crippen LogP contribution in [0.1, 0.15) is 10.4 Å². The molecule has 0 N–H and O–H groups in total. The number of halogens is 2. The van der Waals surface area contributed by atoms with Gasteiger partial charge in [-0.2, -0.15) is 9.30 Å². The monoisotopic (exact) mass is 495 g/mol. The van der Waals surface area contributed by atoms with Crippen molar-refractivity contribution in [1.29, 1.82) is 0 Å². The van der Waals surface area contributed by atoms with E-state index in [9.17, 15) is 13.2 Å². The molecule has 1 amide bonds. The molecular weight excluding hydrogens is 477 g/mol. The van der Waals surface area contributed by atoms with Gasteiger partial charge in [-0.25, -0.2) is 8.42 Å². The molecule has 3 rings (SSSR count). The summed E-state index contributed by atoms with van der Waals surface area (Å²) in [7, 11) is -1.99. The van der Waals surface area contributed by atoms with Crippen LogP contribution in [0, 0.1) is 0 Å². The number of thiazole rings is 1. The highest BCUT2D eigenvalue weighted by Crippen LogP contribution is 2.31. The number of sulfonamides is 1. The Hall–Kier alpha value is -2.23. The molecule has 0 radical (unpaired) electrons. The van der Waals surface area contributed by atoms with Crippen LogP contribution in [0.3, 0.4) is 0 Å². The van der Waals surface area contributed by atoms with E-state index in [-0.39, 0.29) is 23.5 Å². The van der Waals surface area contributed by atoms with Gasteiger partial charge in [0.1, 0.15) is 0 Å². The number of aromatic nitrogens is 1. The van der Waals surface area contributed by atoms with Crippen molar-refractivity contribution >= 4 is 60.7 Å². The van der Waals surface area contributed by atoms with E-state index in [0.717, 1.165) is 4.70 Å². The van der Waals surface area contributed by atoms with Crippen molar-refractivity contribution in [3.05, 3.63) is 82.1 Å². The Morgan fingerprint density at radius 1 is 1.13 bits per heavy atom. The summed E-state index contributed by atoms with van der Waals surface area (Å²) >= 11 is 13.7. The Morgan fingerprint density at radius 2 is 1.74 bits per heavy atom. The number of amides is 1. The molecule has 3 aromatic rings. The Balaban J connectivity index is 1.95. The number of carbonyl (C=O) groups is 1. The molecule has 0 saturated heterocycles. The van der Waals surface area contributed by atoms with Crippen LogP contribution in [0.4, 0.5) is 0 Å². The summed E-state index contributed by atoms with van der Waals surface area (Å²) in [5, 5.41) is 0.809. The molecule has 0 saturated carbocycles. The number of aryl methyl sites for hydroxylation is 1. The number of hydrogen-bond acceptors (Lipinski definition) is 4. The van der Waals surface area contributed by atoms with Crippen molar-refractivity contribution in [2.24, 2.45) is 12.0 Å². The molecule has 0 atom stereocenters. The maximum atomic E-state index is 12.8. The van der Waals surface area contributed by atoms with Crippen LogP contribution in [0.2, 0.25) is 10.0 Å². The second-order valence-electron chi connectivity index (χ2n) is 6.49. The SMILES string of the molecule is C=CCN(CC=C)S(=O)(=O)c1ccc(C(=O)N=c2sc3ccc(Cl)c(Cl)c3n2C)cc1. The lowest BCUT2D eigenvalue weighted by molar-refractivity contribution is 0.0998. The molecule has 2 aromatic carbocycles. The molecule has 31 heavy (non-hydrogen) atoms. The molecular formula is C21H19Cl2N3O3S2. The molecule has 1 heterocycles. The molecule has 0 fully saturated rings. The zero-order chi connectivity index (χ0) is 22.8. The van der Waals surface area contributed by atoms with Gasteiger partial charge in [0.05, 0.1) is 25.2 Å². The maximum Gasteiger partial charge on any atom is 0.279 e. The highest BCUT2D eigenvalue weighted by Gasteiger charge is 2.22. The smallest absolute Gasteiger partial charge is 0.279 e. The number of hydrogen-bond donors (Lipinski definition) is 0. The lowest BCUT2D eigenvalue weighted by atomic mass is 10.2. The average Bonchev–Trinajstić information content (AvgIpc) is 3.06. The first-order valence-electron chi connectivity index (χ1n) is 9.05. The van der Waals surface area contributed by atoms with E-state index in [2.05, 4.69) is 18.2 Å². The van der Waals surface area contributed by atoms with Crippen LogP contribution in [-0.2, 0) is 17.1 Å². The topological polar surface area (TPSA) is 71.7 Å². The molecule has 0 aliphatic carbocycles. The first kappa shape index (κ1) is 23.4. The van der Waals surface area contributed by atoms with E-state index in [0.29, 0.717) is 20.4 Å². The Kier molecular flexibility index (Phi) is 7.18. The van der Waals surface area contributed by atoms with Crippen LogP contribution in [0.5, 0.6) is 0 Å². The van der Waals surface area contributed by atoms with Gasteiger partial charge >= 0.3 is 0 Å². The summed E-state index contributed by atoms with van der Waals surface area (Å²) in [4.78, 5) is 17.4. The normalized spacial score (nSPS) is 12.5. The minimum atomic E-state index is -3.74. The highest BCUT2D eigenvalue weighted by molar-refractivity contribution is 7.89. The predicted molar refractivity (Wildman–Crippen MR) is 126 cm³/mol. The highest BCUT2D eigenvalue weighted by atomic mass is 35.5. The fourth-order valence-electron chi connectivity index (χ4n) is 2.91. The molecule has 0 aliphatic heterocycles. The van der Waals surface area contributed by atoms with Crippen molar-refractivity contribution in [1.82, 2.24) is 8.87 Å². The van der Waals surface area contributed by atoms with Gasteiger partial charge < -0.3 is 4.57 Å². The molecule has 1 aromatic heterocycles. The molecule has 0 bridgehead atoms. The lowest BCUT2D eigenvalue weighted by Gasteiger charge is -2.19. The molecule has 6 nitrogen and oxygen atoms in total. The van der Waals surface area contributed by atoms with E-state index >= 15 is 0 Å². The summed E-state index contributed by atoms with van der Waals surface area (Å²) in [5.41, 5.74) is 0.955. The van der Waals surface area contributed by atoms with Gasteiger partial charge in [-0.15, -0.1) is 13.2 Å². The zero-order valence-electron chi connectivity index (χ0n) is 16.6. The second-order valence-corrected chi connectivity index (χ2v) is 10.2. The van der Waals surface area contributed by atoms with Crippen LogP contribution in [-0.4, -0.2) is 36.3 Å².